The van der Waals surface area contributed by atoms with Gasteiger partial charge in [0.2, 0.25) is 0 Å². The van der Waals surface area contributed by atoms with E-state index in [0.29, 0.717) is 42.1 Å². The average molecular weight is 423 g/mol. The summed E-state index contributed by atoms with van der Waals surface area (Å²) in [5, 5.41) is 7.92. The van der Waals surface area contributed by atoms with E-state index >= 15 is 0 Å². The van der Waals surface area contributed by atoms with Crippen LogP contribution in [0.5, 0.6) is 0 Å². The lowest BCUT2D eigenvalue weighted by Crippen LogP contribution is -2.31. The van der Waals surface area contributed by atoms with E-state index in [-0.39, 0.29) is 17.0 Å². The van der Waals surface area contributed by atoms with E-state index in [1.807, 2.05) is 12.1 Å². The smallest absolute Gasteiger partial charge is 0.272 e. The van der Waals surface area contributed by atoms with Gasteiger partial charge in [-0.05, 0) is 34.9 Å². The van der Waals surface area contributed by atoms with E-state index in [1.165, 1.54) is 6.07 Å². The number of halogens is 1. The Morgan fingerprint density at radius 3 is 2.53 bits per heavy atom. The summed E-state index contributed by atoms with van der Waals surface area (Å²) in [5.41, 5.74) is 3.22. The van der Waals surface area contributed by atoms with Gasteiger partial charge in [0.05, 0.1) is 16.6 Å². The summed E-state index contributed by atoms with van der Waals surface area (Å²) in [6.45, 7) is 0.825. The Morgan fingerprint density at radius 2 is 1.80 bits per heavy atom. The molecule has 0 saturated carbocycles. The number of nitrogens with zero attached hydrogens (tertiary/aromatic N) is 2. The topological polar surface area (TPSA) is 83.1 Å². The van der Waals surface area contributed by atoms with Crippen molar-refractivity contribution in [2.24, 2.45) is 0 Å². The van der Waals surface area contributed by atoms with Crippen LogP contribution in [0.25, 0.3) is 10.8 Å². The second-order valence-corrected chi connectivity index (χ2v) is 9.09. The maximum Gasteiger partial charge on any atom is 0.272 e. The maximum atomic E-state index is 14.5. The number of carbonyl (C=O) groups is 1. The molecule has 1 aromatic heterocycles. The van der Waals surface area contributed by atoms with E-state index in [9.17, 15) is 18.2 Å². The van der Waals surface area contributed by atoms with Crippen LogP contribution in [0.2, 0.25) is 0 Å². The molecule has 0 spiro atoms. The highest BCUT2D eigenvalue weighted by Crippen LogP contribution is 2.27. The first-order chi connectivity index (χ1) is 14.5. The van der Waals surface area contributed by atoms with Crippen LogP contribution in [-0.4, -0.2) is 49.8 Å². The zero-order valence-corrected chi connectivity index (χ0v) is 16.8. The van der Waals surface area contributed by atoms with Crippen molar-refractivity contribution in [1.29, 1.82) is 0 Å². The molecule has 0 unspecified atom stereocenters. The number of carbonyl (C=O) groups excluding carboxylic acids is 1. The molecule has 0 radical (unpaired) electrons. The van der Waals surface area contributed by atoms with E-state index in [1.54, 1.807) is 29.2 Å². The van der Waals surface area contributed by atoms with E-state index in [4.69, 9.17) is 0 Å². The van der Waals surface area contributed by atoms with Crippen LogP contribution < -0.4 is 5.56 Å². The van der Waals surface area contributed by atoms with Gasteiger partial charge in [0.1, 0.15) is 5.82 Å². The third-order valence-corrected chi connectivity index (χ3v) is 6.97. The Labute approximate surface area is 173 Å². The maximum absolute atomic E-state index is 14.5. The van der Waals surface area contributed by atoms with Crippen molar-refractivity contribution in [3.63, 3.8) is 0 Å². The number of aromatic nitrogens is 2. The molecular formula is C22H18FN3O3S. The summed E-state index contributed by atoms with van der Waals surface area (Å²) in [6.07, 6.45) is 0.353. The summed E-state index contributed by atoms with van der Waals surface area (Å²) < 4.78 is 26.2. The summed E-state index contributed by atoms with van der Waals surface area (Å²) in [7, 11) is -0.867. The molecule has 2 aliphatic rings. The van der Waals surface area contributed by atoms with Crippen LogP contribution in [0.1, 0.15) is 21.6 Å². The summed E-state index contributed by atoms with van der Waals surface area (Å²) in [4.78, 5) is 26.6. The lowest BCUT2D eigenvalue weighted by Gasteiger charge is -2.19. The molecule has 1 amide bonds. The van der Waals surface area contributed by atoms with Crippen molar-refractivity contribution < 1.29 is 13.4 Å². The van der Waals surface area contributed by atoms with Crippen LogP contribution in [0.15, 0.2) is 58.4 Å². The number of hydrogen-bond acceptors (Lipinski definition) is 4. The van der Waals surface area contributed by atoms with Gasteiger partial charge in [0.15, 0.2) is 0 Å². The molecule has 0 aliphatic carbocycles. The summed E-state index contributed by atoms with van der Waals surface area (Å²) >= 11 is 0. The van der Waals surface area contributed by atoms with E-state index < -0.39 is 16.6 Å². The first-order valence-corrected chi connectivity index (χ1v) is 11.1. The largest absolute Gasteiger partial charge is 0.330 e. The molecule has 3 aromatic rings. The molecular weight excluding hydrogens is 405 g/mol. The van der Waals surface area contributed by atoms with Gasteiger partial charge in [0, 0.05) is 47.2 Å². The standard InChI is InChI=1S/C22H18FN3O3S/c23-19-6-5-13(8-20-16-3-1-2-4-17(16)21(27)25-24-20)7-18(19)22(28)26-9-14-11-30(29)12-15(14)10-26/h1-7H,8-12H2,(H,25,27). The van der Waals surface area contributed by atoms with Crippen LogP contribution in [0.4, 0.5) is 4.39 Å². The van der Waals surface area contributed by atoms with Crippen molar-refractivity contribution in [2.45, 2.75) is 6.42 Å². The fourth-order valence-electron chi connectivity index (χ4n) is 4.14. The SMILES string of the molecule is O=C(c1cc(Cc2n[nH]c(=O)c3ccccc23)ccc1F)N1CC2=C(C1)CS(=O)C2. The minimum Gasteiger partial charge on any atom is -0.330 e. The first-order valence-electron chi connectivity index (χ1n) is 9.58. The molecule has 0 atom stereocenters. The number of H-pyrrole nitrogens is 1. The Balaban J connectivity index is 1.42. The minimum atomic E-state index is -0.867. The van der Waals surface area contributed by atoms with Gasteiger partial charge >= 0.3 is 0 Å². The number of aromatic amines is 1. The van der Waals surface area contributed by atoms with Gasteiger partial charge in [-0.15, -0.1) is 0 Å². The number of nitrogens with one attached hydrogen (secondary N) is 1. The van der Waals surface area contributed by atoms with Gasteiger partial charge in [-0.25, -0.2) is 9.49 Å². The van der Waals surface area contributed by atoms with Crippen LogP contribution >= 0.6 is 0 Å². The number of fused-ring (bicyclic) bond motifs is 1. The molecule has 0 bridgehead atoms. The van der Waals surface area contributed by atoms with Crippen LogP contribution in [0.3, 0.4) is 0 Å². The highest BCUT2D eigenvalue weighted by atomic mass is 32.2. The third-order valence-electron chi connectivity index (χ3n) is 5.63. The van der Waals surface area contributed by atoms with Gasteiger partial charge in [-0.1, -0.05) is 24.3 Å². The third kappa shape index (κ3) is 3.27. The average Bonchev–Trinajstić information content (AvgIpc) is 3.28. The normalized spacial score (nSPS) is 16.5. The molecule has 30 heavy (non-hydrogen) atoms. The number of hydrogen-bond donors (Lipinski definition) is 1. The second-order valence-electron chi connectivity index (χ2n) is 7.63. The lowest BCUT2D eigenvalue weighted by molar-refractivity contribution is 0.0791. The van der Waals surface area contributed by atoms with Gasteiger partial charge in [-0.3, -0.25) is 13.8 Å². The van der Waals surface area contributed by atoms with Crippen molar-refractivity contribution in [2.75, 3.05) is 24.6 Å². The molecule has 2 aromatic carbocycles. The minimum absolute atomic E-state index is 0.0172. The highest BCUT2D eigenvalue weighted by Gasteiger charge is 2.32. The fourth-order valence-corrected chi connectivity index (χ4v) is 5.61. The summed E-state index contributed by atoms with van der Waals surface area (Å²) in [6, 6.07) is 11.6. The Morgan fingerprint density at radius 1 is 1.10 bits per heavy atom. The fraction of sp³-hybridized carbons (Fsp3) is 0.227. The van der Waals surface area contributed by atoms with Crippen LogP contribution in [-0.2, 0) is 17.2 Å². The zero-order chi connectivity index (χ0) is 20.8. The molecule has 0 fully saturated rings. The second kappa shape index (κ2) is 7.28. The Bertz CT molecular complexity index is 1290. The van der Waals surface area contributed by atoms with Gasteiger partial charge < -0.3 is 4.90 Å². The summed E-state index contributed by atoms with van der Waals surface area (Å²) in [5.74, 6) is 0.0756. The zero-order valence-electron chi connectivity index (χ0n) is 16.0. The van der Waals surface area contributed by atoms with Gasteiger partial charge in [0.25, 0.3) is 11.5 Å². The molecule has 6 nitrogen and oxygen atoms in total. The predicted octanol–water partition coefficient (Wildman–Crippen LogP) is 2.17. The quantitative estimate of drug-likeness (QED) is 0.655. The van der Waals surface area contributed by atoms with Crippen molar-refractivity contribution in [3.05, 3.63) is 86.6 Å². The first kappa shape index (κ1) is 18.9. The number of amides is 1. The number of benzene rings is 2. The monoisotopic (exact) mass is 423 g/mol. The molecule has 0 saturated heterocycles. The van der Waals surface area contributed by atoms with E-state index in [0.717, 1.165) is 22.1 Å². The Kier molecular flexibility index (Phi) is 4.58. The van der Waals surface area contributed by atoms with Crippen molar-refractivity contribution in [3.8, 4) is 0 Å². The lowest BCUT2D eigenvalue weighted by atomic mass is 10.0. The molecule has 5 rings (SSSR count). The van der Waals surface area contributed by atoms with Crippen molar-refractivity contribution in [1.82, 2.24) is 15.1 Å². The van der Waals surface area contributed by atoms with Crippen LogP contribution in [0, 0.1) is 5.82 Å². The number of rotatable bonds is 3. The van der Waals surface area contributed by atoms with E-state index in [2.05, 4.69) is 10.2 Å². The van der Waals surface area contributed by atoms with Crippen molar-refractivity contribution >= 4 is 27.5 Å². The molecule has 2 aliphatic heterocycles. The predicted molar refractivity (Wildman–Crippen MR) is 112 cm³/mol. The molecule has 8 heteroatoms. The Hall–Kier alpha value is -3.13. The molecule has 152 valence electrons. The molecule has 1 N–H and O–H groups in total. The molecule has 3 heterocycles. The van der Waals surface area contributed by atoms with Gasteiger partial charge in [-0.2, -0.15) is 5.10 Å². The highest BCUT2D eigenvalue weighted by molar-refractivity contribution is 7.85.